The standard InChI is InChI=1S/C25H27FN2O4/c26-20-6-2-1-5-18(20)19-15-28(16-25(19)10-4-3-7-23(29)27-25)24(30)14-17-8-9-21-22(13-17)32-12-11-31-21/h1-2,5-6,8-9,13,19H,3-4,7,10-12,14-16H2,(H,27,29)/t19-,25+/m0/s1. The smallest absolute Gasteiger partial charge is 0.227 e. The minimum atomic E-state index is -0.641. The zero-order valence-corrected chi connectivity index (χ0v) is 17.9. The van der Waals surface area contributed by atoms with Gasteiger partial charge in [0.05, 0.1) is 12.0 Å². The van der Waals surface area contributed by atoms with Crippen LogP contribution in [0.4, 0.5) is 4.39 Å². The van der Waals surface area contributed by atoms with Crippen LogP contribution in [-0.4, -0.2) is 48.6 Å². The summed E-state index contributed by atoms with van der Waals surface area (Å²) in [5.41, 5.74) is 0.759. The van der Waals surface area contributed by atoms with Gasteiger partial charge in [0.25, 0.3) is 0 Å². The van der Waals surface area contributed by atoms with E-state index in [1.165, 1.54) is 6.07 Å². The molecule has 32 heavy (non-hydrogen) atoms. The Bertz CT molecular complexity index is 1040. The molecule has 3 heterocycles. The Morgan fingerprint density at radius 1 is 1.12 bits per heavy atom. The highest BCUT2D eigenvalue weighted by molar-refractivity contribution is 5.81. The molecule has 2 amide bonds. The van der Waals surface area contributed by atoms with Crippen LogP contribution in [0.2, 0.25) is 0 Å². The molecule has 0 saturated carbocycles. The van der Waals surface area contributed by atoms with Crippen molar-refractivity contribution in [2.24, 2.45) is 0 Å². The van der Waals surface area contributed by atoms with E-state index in [1.54, 1.807) is 17.0 Å². The molecule has 2 atom stereocenters. The summed E-state index contributed by atoms with van der Waals surface area (Å²) in [6.07, 6.45) is 3.09. The van der Waals surface area contributed by atoms with Crippen LogP contribution in [0.1, 0.15) is 42.7 Å². The van der Waals surface area contributed by atoms with Crippen molar-refractivity contribution in [1.29, 1.82) is 0 Å². The number of likely N-dealkylation sites (tertiary alicyclic amines) is 1. The first kappa shape index (κ1) is 20.8. The third-order valence-corrected chi connectivity index (χ3v) is 6.80. The molecular formula is C25H27FN2O4. The van der Waals surface area contributed by atoms with Crippen molar-refractivity contribution in [1.82, 2.24) is 10.2 Å². The molecule has 1 N–H and O–H groups in total. The quantitative estimate of drug-likeness (QED) is 0.799. The minimum absolute atomic E-state index is 0.0232. The lowest BCUT2D eigenvalue weighted by Crippen LogP contribution is -2.53. The fourth-order valence-electron chi connectivity index (χ4n) is 5.25. The van der Waals surface area contributed by atoms with Gasteiger partial charge in [0.15, 0.2) is 11.5 Å². The molecule has 6 nitrogen and oxygen atoms in total. The molecule has 2 aromatic rings. The molecule has 7 heteroatoms. The lowest BCUT2D eigenvalue weighted by molar-refractivity contribution is -0.130. The number of amides is 2. The topological polar surface area (TPSA) is 67.9 Å². The normalized spacial score (nSPS) is 24.8. The van der Waals surface area contributed by atoms with Gasteiger partial charge in [-0.25, -0.2) is 4.39 Å². The van der Waals surface area contributed by atoms with Gasteiger partial charge >= 0.3 is 0 Å². The molecule has 2 fully saturated rings. The third kappa shape index (κ3) is 3.92. The second kappa shape index (κ2) is 8.45. The fraction of sp³-hybridized carbons (Fsp3) is 0.440. The second-order valence-corrected chi connectivity index (χ2v) is 8.91. The highest BCUT2D eigenvalue weighted by Gasteiger charge is 2.50. The van der Waals surface area contributed by atoms with Gasteiger partial charge in [-0.15, -0.1) is 0 Å². The molecule has 0 radical (unpaired) electrons. The summed E-state index contributed by atoms with van der Waals surface area (Å²) in [5, 5.41) is 3.18. The number of nitrogens with zero attached hydrogens (tertiary/aromatic N) is 1. The number of hydrogen-bond acceptors (Lipinski definition) is 4. The molecule has 1 spiro atoms. The molecule has 2 aromatic carbocycles. The zero-order valence-electron chi connectivity index (χ0n) is 17.9. The molecular weight excluding hydrogens is 411 g/mol. The Kier molecular flexibility index (Phi) is 5.49. The van der Waals surface area contributed by atoms with Crippen molar-refractivity contribution in [2.45, 2.75) is 43.6 Å². The van der Waals surface area contributed by atoms with E-state index in [-0.39, 0.29) is 30.0 Å². The van der Waals surface area contributed by atoms with Crippen molar-refractivity contribution in [3.05, 3.63) is 59.4 Å². The maximum absolute atomic E-state index is 14.8. The molecule has 0 unspecified atom stereocenters. The molecule has 0 aliphatic carbocycles. The number of benzene rings is 2. The average molecular weight is 438 g/mol. The van der Waals surface area contributed by atoms with Gasteiger partial charge in [-0.3, -0.25) is 9.59 Å². The van der Waals surface area contributed by atoms with Crippen LogP contribution in [0.15, 0.2) is 42.5 Å². The average Bonchev–Trinajstić information content (AvgIpc) is 3.04. The highest BCUT2D eigenvalue weighted by atomic mass is 19.1. The first-order valence-corrected chi connectivity index (χ1v) is 11.3. The van der Waals surface area contributed by atoms with E-state index in [0.29, 0.717) is 49.8 Å². The van der Waals surface area contributed by atoms with Crippen molar-refractivity contribution in [3.8, 4) is 11.5 Å². The summed E-state index contributed by atoms with van der Waals surface area (Å²) >= 11 is 0. The first-order valence-electron chi connectivity index (χ1n) is 11.3. The lowest BCUT2D eigenvalue weighted by atomic mass is 9.78. The monoisotopic (exact) mass is 438 g/mol. The number of carbonyl (C=O) groups is 2. The molecule has 0 aromatic heterocycles. The van der Waals surface area contributed by atoms with E-state index < -0.39 is 5.54 Å². The van der Waals surface area contributed by atoms with Gasteiger partial charge < -0.3 is 19.7 Å². The van der Waals surface area contributed by atoms with Crippen LogP contribution >= 0.6 is 0 Å². The predicted octanol–water partition coefficient (Wildman–Crippen LogP) is 3.19. The maximum atomic E-state index is 14.8. The van der Waals surface area contributed by atoms with Crippen molar-refractivity contribution in [3.63, 3.8) is 0 Å². The summed E-state index contributed by atoms with van der Waals surface area (Å²) in [5.74, 6) is 0.697. The number of halogens is 1. The van der Waals surface area contributed by atoms with Gasteiger partial charge in [0.1, 0.15) is 19.0 Å². The number of nitrogens with one attached hydrogen (secondary N) is 1. The van der Waals surface area contributed by atoms with E-state index in [0.717, 1.165) is 24.8 Å². The van der Waals surface area contributed by atoms with Gasteiger partial charge in [-0.2, -0.15) is 0 Å². The molecule has 168 valence electrons. The fourth-order valence-corrected chi connectivity index (χ4v) is 5.25. The van der Waals surface area contributed by atoms with Gasteiger partial charge in [0.2, 0.25) is 11.8 Å². The highest BCUT2D eigenvalue weighted by Crippen LogP contribution is 2.42. The Morgan fingerprint density at radius 3 is 2.78 bits per heavy atom. The summed E-state index contributed by atoms with van der Waals surface area (Å²) in [4.78, 5) is 27.5. The summed E-state index contributed by atoms with van der Waals surface area (Å²) in [6, 6.07) is 12.2. The minimum Gasteiger partial charge on any atom is -0.486 e. The third-order valence-electron chi connectivity index (χ3n) is 6.80. The largest absolute Gasteiger partial charge is 0.486 e. The molecule has 5 rings (SSSR count). The molecule has 3 aliphatic rings. The first-order chi connectivity index (χ1) is 15.5. The van der Waals surface area contributed by atoms with Crippen LogP contribution in [-0.2, 0) is 16.0 Å². The lowest BCUT2D eigenvalue weighted by Gasteiger charge is -2.34. The Hall–Kier alpha value is -3.09. The van der Waals surface area contributed by atoms with Crippen molar-refractivity contribution >= 4 is 11.8 Å². The Balaban J connectivity index is 1.40. The van der Waals surface area contributed by atoms with E-state index >= 15 is 0 Å². The summed E-state index contributed by atoms with van der Waals surface area (Å²) in [6.45, 7) is 1.78. The number of ether oxygens (including phenoxy) is 2. The number of carbonyl (C=O) groups excluding carboxylic acids is 2. The van der Waals surface area contributed by atoms with Crippen LogP contribution in [0.25, 0.3) is 0 Å². The predicted molar refractivity (Wildman–Crippen MR) is 116 cm³/mol. The number of hydrogen-bond donors (Lipinski definition) is 1. The van der Waals surface area contributed by atoms with E-state index in [1.807, 2.05) is 24.3 Å². The maximum Gasteiger partial charge on any atom is 0.227 e. The second-order valence-electron chi connectivity index (χ2n) is 8.91. The van der Waals surface area contributed by atoms with Crippen LogP contribution in [0, 0.1) is 5.82 Å². The van der Waals surface area contributed by atoms with E-state index in [9.17, 15) is 14.0 Å². The Labute approximate surface area is 186 Å². The summed E-state index contributed by atoms with van der Waals surface area (Å²) in [7, 11) is 0. The SMILES string of the molecule is O=C1CCCC[C@]2(CN(C(=O)Cc3ccc4c(c3)OCCO4)C[C@H]2c2ccccc2F)N1. The zero-order chi connectivity index (χ0) is 22.1. The van der Waals surface area contributed by atoms with E-state index in [4.69, 9.17) is 9.47 Å². The number of fused-ring (bicyclic) bond motifs is 1. The van der Waals surface area contributed by atoms with Crippen LogP contribution < -0.4 is 14.8 Å². The van der Waals surface area contributed by atoms with Crippen LogP contribution in [0.3, 0.4) is 0 Å². The molecule has 0 bridgehead atoms. The summed E-state index contributed by atoms with van der Waals surface area (Å²) < 4.78 is 26.0. The number of rotatable bonds is 3. The van der Waals surface area contributed by atoms with Crippen molar-refractivity contribution in [2.75, 3.05) is 26.3 Å². The van der Waals surface area contributed by atoms with E-state index in [2.05, 4.69) is 5.32 Å². The van der Waals surface area contributed by atoms with Gasteiger partial charge in [-0.1, -0.05) is 30.7 Å². The molecule has 3 aliphatic heterocycles. The van der Waals surface area contributed by atoms with Gasteiger partial charge in [-0.05, 0) is 42.2 Å². The van der Waals surface area contributed by atoms with Crippen molar-refractivity contribution < 1.29 is 23.5 Å². The van der Waals surface area contributed by atoms with Crippen LogP contribution in [0.5, 0.6) is 11.5 Å². The molecule has 2 saturated heterocycles. The van der Waals surface area contributed by atoms with Gasteiger partial charge in [0, 0.05) is 25.4 Å². The Morgan fingerprint density at radius 2 is 1.94 bits per heavy atom.